The van der Waals surface area contributed by atoms with Crippen LogP contribution in [0.4, 0.5) is 0 Å². The lowest BCUT2D eigenvalue weighted by Gasteiger charge is -2.29. The number of hydrogen-bond donors (Lipinski definition) is 5. The van der Waals surface area contributed by atoms with Gasteiger partial charge in [-0.2, -0.15) is 0 Å². The second kappa shape index (κ2) is 12.9. The Morgan fingerprint density at radius 2 is 1.96 bits per heavy atom. The van der Waals surface area contributed by atoms with Gasteiger partial charge in [0.25, 0.3) is 0 Å². The van der Waals surface area contributed by atoms with Crippen molar-refractivity contribution in [2.45, 2.75) is 76.9 Å². The molecule has 1 rings (SSSR count). The molecule has 0 aromatic rings. The van der Waals surface area contributed by atoms with Crippen molar-refractivity contribution in [3.63, 3.8) is 0 Å². The van der Waals surface area contributed by atoms with Gasteiger partial charge < -0.3 is 28.3 Å². The SMILES string of the molecule is CC(C)[C@H](CCCN=C(N)N)NC(=O)C1CCCN1CC(N)CCCCN. The van der Waals surface area contributed by atoms with Crippen LogP contribution in [0.25, 0.3) is 0 Å². The maximum atomic E-state index is 12.9. The summed E-state index contributed by atoms with van der Waals surface area (Å²) >= 11 is 0. The fraction of sp³-hybridized carbons (Fsp3) is 0.895. The molecule has 0 bridgehead atoms. The Hall–Kier alpha value is -1.38. The molecular weight excluding hydrogens is 342 g/mol. The summed E-state index contributed by atoms with van der Waals surface area (Å²) in [4.78, 5) is 19.1. The number of amides is 1. The van der Waals surface area contributed by atoms with Gasteiger partial charge in [0, 0.05) is 25.2 Å². The van der Waals surface area contributed by atoms with E-state index in [0.717, 1.165) is 58.0 Å². The maximum Gasteiger partial charge on any atom is 0.237 e. The monoisotopic (exact) mass is 383 g/mol. The van der Waals surface area contributed by atoms with E-state index in [1.165, 1.54) is 0 Å². The topological polar surface area (TPSA) is 149 Å². The lowest BCUT2D eigenvalue weighted by Crippen LogP contribution is -2.50. The summed E-state index contributed by atoms with van der Waals surface area (Å²) in [5, 5.41) is 3.25. The van der Waals surface area contributed by atoms with Crippen LogP contribution >= 0.6 is 0 Å². The van der Waals surface area contributed by atoms with Gasteiger partial charge in [0.2, 0.25) is 5.91 Å². The highest BCUT2D eigenvalue weighted by molar-refractivity contribution is 5.82. The van der Waals surface area contributed by atoms with Crippen molar-refractivity contribution in [3.05, 3.63) is 0 Å². The van der Waals surface area contributed by atoms with Crippen molar-refractivity contribution in [3.8, 4) is 0 Å². The molecule has 0 saturated carbocycles. The maximum absolute atomic E-state index is 12.9. The largest absolute Gasteiger partial charge is 0.370 e. The lowest BCUT2D eigenvalue weighted by molar-refractivity contribution is -0.126. The molecule has 3 atom stereocenters. The molecule has 1 heterocycles. The first kappa shape index (κ1) is 23.7. The number of likely N-dealkylation sites (tertiary alicyclic amines) is 1. The third-order valence-corrected chi connectivity index (χ3v) is 5.26. The minimum atomic E-state index is -0.0653. The summed E-state index contributed by atoms with van der Waals surface area (Å²) in [6.07, 6.45) is 6.68. The Bertz CT molecular complexity index is 451. The van der Waals surface area contributed by atoms with Gasteiger partial charge in [-0.25, -0.2) is 0 Å². The average molecular weight is 384 g/mol. The number of carbonyl (C=O) groups is 1. The number of rotatable bonds is 13. The molecule has 8 heteroatoms. The van der Waals surface area contributed by atoms with Gasteiger partial charge in [0.05, 0.1) is 6.04 Å². The number of nitrogens with one attached hydrogen (secondary N) is 1. The van der Waals surface area contributed by atoms with Crippen LogP contribution in [-0.2, 0) is 4.79 Å². The summed E-state index contributed by atoms with van der Waals surface area (Å²) < 4.78 is 0. The highest BCUT2D eigenvalue weighted by atomic mass is 16.2. The van der Waals surface area contributed by atoms with Crippen LogP contribution in [0.2, 0.25) is 0 Å². The zero-order valence-electron chi connectivity index (χ0n) is 17.2. The quantitative estimate of drug-likeness (QED) is 0.173. The van der Waals surface area contributed by atoms with E-state index in [2.05, 4.69) is 29.1 Å². The standard InChI is InChI=1S/C19H41N7O/c1-14(2)16(8-5-11-24-19(22)23)25-18(27)17-9-6-12-26(17)13-15(21)7-3-4-10-20/h14-17H,3-13,20-21H2,1-2H3,(H,25,27)(H4,22,23,24)/t15?,16-,17?/m0/s1. The Morgan fingerprint density at radius 3 is 2.59 bits per heavy atom. The zero-order valence-corrected chi connectivity index (χ0v) is 17.2. The zero-order chi connectivity index (χ0) is 20.2. The van der Waals surface area contributed by atoms with Crippen LogP contribution in [0.5, 0.6) is 0 Å². The smallest absolute Gasteiger partial charge is 0.237 e. The van der Waals surface area contributed by atoms with E-state index in [4.69, 9.17) is 22.9 Å². The molecule has 1 amide bonds. The first-order valence-electron chi connectivity index (χ1n) is 10.4. The van der Waals surface area contributed by atoms with Crippen molar-refractivity contribution in [1.82, 2.24) is 10.2 Å². The first-order valence-corrected chi connectivity index (χ1v) is 10.4. The van der Waals surface area contributed by atoms with E-state index in [9.17, 15) is 4.79 Å². The fourth-order valence-corrected chi connectivity index (χ4v) is 3.66. The van der Waals surface area contributed by atoms with Gasteiger partial charge in [-0.15, -0.1) is 0 Å². The molecule has 1 saturated heterocycles. The van der Waals surface area contributed by atoms with Gasteiger partial charge in [-0.1, -0.05) is 20.3 Å². The fourth-order valence-electron chi connectivity index (χ4n) is 3.66. The van der Waals surface area contributed by atoms with E-state index >= 15 is 0 Å². The molecule has 8 nitrogen and oxygen atoms in total. The number of guanidine groups is 1. The van der Waals surface area contributed by atoms with Gasteiger partial charge in [0.1, 0.15) is 0 Å². The van der Waals surface area contributed by atoms with Crippen LogP contribution < -0.4 is 28.3 Å². The Morgan fingerprint density at radius 1 is 1.22 bits per heavy atom. The first-order chi connectivity index (χ1) is 12.8. The highest BCUT2D eigenvalue weighted by Gasteiger charge is 2.32. The summed E-state index contributed by atoms with van der Waals surface area (Å²) in [5.41, 5.74) is 22.5. The Kier molecular flexibility index (Phi) is 11.3. The Balaban J connectivity index is 2.49. The van der Waals surface area contributed by atoms with Crippen LogP contribution in [0.15, 0.2) is 4.99 Å². The van der Waals surface area contributed by atoms with Crippen LogP contribution in [-0.4, -0.2) is 61.1 Å². The van der Waals surface area contributed by atoms with Gasteiger partial charge >= 0.3 is 0 Å². The minimum Gasteiger partial charge on any atom is -0.370 e. The third kappa shape index (κ3) is 9.39. The van der Waals surface area contributed by atoms with E-state index in [-0.39, 0.29) is 30.0 Å². The number of unbranched alkanes of at least 4 members (excludes halogenated alkanes) is 1. The molecule has 0 aromatic carbocycles. The second-order valence-corrected chi connectivity index (χ2v) is 8.01. The molecule has 0 aromatic heterocycles. The molecule has 1 aliphatic rings. The number of hydrogen-bond acceptors (Lipinski definition) is 5. The number of carbonyl (C=O) groups excluding carboxylic acids is 1. The van der Waals surface area contributed by atoms with Crippen LogP contribution in [0.1, 0.15) is 58.8 Å². The van der Waals surface area contributed by atoms with Crippen molar-refractivity contribution in [2.24, 2.45) is 33.8 Å². The van der Waals surface area contributed by atoms with Crippen LogP contribution in [0, 0.1) is 5.92 Å². The number of nitrogens with two attached hydrogens (primary N) is 4. The molecular formula is C19H41N7O. The normalized spacial score (nSPS) is 19.8. The van der Waals surface area contributed by atoms with E-state index < -0.39 is 0 Å². The number of aliphatic imine (C=N–C) groups is 1. The lowest BCUT2D eigenvalue weighted by atomic mass is 9.98. The van der Waals surface area contributed by atoms with Crippen LogP contribution in [0.3, 0.4) is 0 Å². The second-order valence-electron chi connectivity index (χ2n) is 8.01. The van der Waals surface area contributed by atoms with Crippen molar-refractivity contribution >= 4 is 11.9 Å². The minimum absolute atomic E-state index is 0.0653. The predicted octanol–water partition coefficient (Wildman–Crippen LogP) is 0.102. The third-order valence-electron chi connectivity index (χ3n) is 5.26. The molecule has 2 unspecified atom stereocenters. The van der Waals surface area contributed by atoms with Crippen molar-refractivity contribution in [2.75, 3.05) is 26.2 Å². The number of nitrogens with zero attached hydrogens (tertiary/aromatic N) is 2. The van der Waals surface area contributed by atoms with E-state index in [1.807, 2.05) is 0 Å². The van der Waals surface area contributed by atoms with Gasteiger partial charge in [-0.05, 0) is 57.5 Å². The molecule has 0 aliphatic carbocycles. The summed E-state index contributed by atoms with van der Waals surface area (Å²) in [6, 6.07) is 0.169. The summed E-state index contributed by atoms with van der Waals surface area (Å²) in [7, 11) is 0. The van der Waals surface area contributed by atoms with Gasteiger partial charge in [0.15, 0.2) is 5.96 Å². The average Bonchev–Trinajstić information content (AvgIpc) is 3.05. The highest BCUT2D eigenvalue weighted by Crippen LogP contribution is 2.19. The predicted molar refractivity (Wildman–Crippen MR) is 112 cm³/mol. The van der Waals surface area contributed by atoms with E-state index in [0.29, 0.717) is 19.0 Å². The molecule has 1 aliphatic heterocycles. The summed E-state index contributed by atoms with van der Waals surface area (Å²) in [5.74, 6) is 0.605. The Labute approximate surface area is 164 Å². The molecule has 0 radical (unpaired) electrons. The van der Waals surface area contributed by atoms with Crippen molar-refractivity contribution in [1.29, 1.82) is 0 Å². The molecule has 27 heavy (non-hydrogen) atoms. The van der Waals surface area contributed by atoms with Crippen molar-refractivity contribution < 1.29 is 4.79 Å². The molecule has 158 valence electrons. The summed E-state index contributed by atoms with van der Waals surface area (Å²) in [6.45, 7) is 7.28. The van der Waals surface area contributed by atoms with E-state index in [1.54, 1.807) is 0 Å². The van der Waals surface area contributed by atoms with Gasteiger partial charge in [-0.3, -0.25) is 14.7 Å². The molecule has 1 fully saturated rings. The molecule has 0 spiro atoms. The molecule has 9 N–H and O–H groups in total.